The van der Waals surface area contributed by atoms with E-state index in [0.717, 1.165) is 23.6 Å². The molecular formula is C13H18N4O. The standard InChI is InChI=1S/C13H18N4O/c1-3-18-11-6-4-5-10(9-11)13-15-12(7-8-14)17(2)16-13/h4-6,9H,3,7-8,14H2,1-2H3. The molecule has 0 fully saturated rings. The second-order valence-corrected chi connectivity index (χ2v) is 3.97. The summed E-state index contributed by atoms with van der Waals surface area (Å²) >= 11 is 0. The fourth-order valence-electron chi connectivity index (χ4n) is 1.78. The van der Waals surface area contributed by atoms with Crippen molar-refractivity contribution in [2.75, 3.05) is 13.2 Å². The highest BCUT2D eigenvalue weighted by molar-refractivity contribution is 5.57. The highest BCUT2D eigenvalue weighted by atomic mass is 16.5. The van der Waals surface area contributed by atoms with Gasteiger partial charge in [0.15, 0.2) is 5.82 Å². The molecule has 1 aromatic heterocycles. The fraction of sp³-hybridized carbons (Fsp3) is 0.385. The molecule has 0 radical (unpaired) electrons. The van der Waals surface area contributed by atoms with Crippen molar-refractivity contribution in [3.8, 4) is 17.1 Å². The van der Waals surface area contributed by atoms with Crippen molar-refractivity contribution in [3.05, 3.63) is 30.1 Å². The molecule has 0 atom stereocenters. The average Bonchev–Trinajstić information content (AvgIpc) is 2.73. The smallest absolute Gasteiger partial charge is 0.181 e. The molecule has 0 saturated carbocycles. The quantitative estimate of drug-likeness (QED) is 0.865. The third kappa shape index (κ3) is 2.68. The minimum absolute atomic E-state index is 0.574. The molecule has 5 nitrogen and oxygen atoms in total. The van der Waals surface area contributed by atoms with E-state index in [2.05, 4.69) is 10.1 Å². The molecule has 0 aliphatic heterocycles. The van der Waals surface area contributed by atoms with Gasteiger partial charge < -0.3 is 10.5 Å². The van der Waals surface area contributed by atoms with Crippen molar-refractivity contribution >= 4 is 0 Å². The SMILES string of the molecule is CCOc1cccc(-c2nc(CCN)n(C)n2)c1. The Morgan fingerprint density at radius 2 is 2.22 bits per heavy atom. The zero-order valence-corrected chi connectivity index (χ0v) is 10.8. The summed E-state index contributed by atoms with van der Waals surface area (Å²) in [6, 6.07) is 7.80. The van der Waals surface area contributed by atoms with E-state index in [-0.39, 0.29) is 0 Å². The highest BCUT2D eigenvalue weighted by Gasteiger charge is 2.09. The lowest BCUT2D eigenvalue weighted by atomic mass is 10.2. The summed E-state index contributed by atoms with van der Waals surface area (Å²) in [5, 5.41) is 4.40. The summed E-state index contributed by atoms with van der Waals surface area (Å²) in [6.45, 7) is 3.19. The number of ether oxygens (including phenoxy) is 1. The van der Waals surface area contributed by atoms with Crippen LogP contribution in [-0.4, -0.2) is 27.9 Å². The topological polar surface area (TPSA) is 66.0 Å². The first-order valence-corrected chi connectivity index (χ1v) is 6.07. The van der Waals surface area contributed by atoms with E-state index in [1.807, 2.05) is 38.2 Å². The molecule has 0 aliphatic carbocycles. The van der Waals surface area contributed by atoms with Gasteiger partial charge in [-0.3, -0.25) is 4.68 Å². The van der Waals surface area contributed by atoms with Crippen LogP contribution in [0.1, 0.15) is 12.7 Å². The predicted molar refractivity (Wildman–Crippen MR) is 70.4 cm³/mol. The van der Waals surface area contributed by atoms with Crippen LogP contribution in [0.2, 0.25) is 0 Å². The number of benzene rings is 1. The molecule has 18 heavy (non-hydrogen) atoms. The molecule has 0 saturated heterocycles. The van der Waals surface area contributed by atoms with E-state index < -0.39 is 0 Å². The van der Waals surface area contributed by atoms with Gasteiger partial charge in [-0.15, -0.1) is 0 Å². The molecule has 0 spiro atoms. The molecule has 0 amide bonds. The van der Waals surface area contributed by atoms with Gasteiger partial charge in [-0.05, 0) is 25.6 Å². The van der Waals surface area contributed by atoms with Gasteiger partial charge in [0.25, 0.3) is 0 Å². The third-order valence-electron chi connectivity index (χ3n) is 2.62. The van der Waals surface area contributed by atoms with Crippen molar-refractivity contribution in [2.45, 2.75) is 13.3 Å². The molecule has 5 heteroatoms. The number of aromatic nitrogens is 3. The Labute approximate surface area is 107 Å². The number of aryl methyl sites for hydroxylation is 1. The van der Waals surface area contributed by atoms with Crippen LogP contribution in [-0.2, 0) is 13.5 Å². The predicted octanol–water partition coefficient (Wildman–Crippen LogP) is 1.38. The maximum atomic E-state index is 5.54. The average molecular weight is 246 g/mol. The summed E-state index contributed by atoms with van der Waals surface area (Å²) in [4.78, 5) is 4.49. The summed E-state index contributed by atoms with van der Waals surface area (Å²) < 4.78 is 7.24. The van der Waals surface area contributed by atoms with Gasteiger partial charge in [-0.25, -0.2) is 4.98 Å². The molecule has 2 rings (SSSR count). The number of nitrogens with two attached hydrogens (primary N) is 1. The molecule has 0 bridgehead atoms. The van der Waals surface area contributed by atoms with Crippen LogP contribution in [0.3, 0.4) is 0 Å². The van der Waals surface area contributed by atoms with Crippen LogP contribution >= 0.6 is 0 Å². The molecular weight excluding hydrogens is 228 g/mol. The summed E-state index contributed by atoms with van der Waals surface area (Å²) in [7, 11) is 1.88. The largest absolute Gasteiger partial charge is 0.494 e. The number of hydrogen-bond donors (Lipinski definition) is 1. The first kappa shape index (κ1) is 12.6. The van der Waals surface area contributed by atoms with Gasteiger partial charge in [0.05, 0.1) is 6.61 Å². The second kappa shape index (κ2) is 5.64. The van der Waals surface area contributed by atoms with E-state index in [9.17, 15) is 0 Å². The minimum Gasteiger partial charge on any atom is -0.494 e. The first-order valence-electron chi connectivity index (χ1n) is 6.07. The zero-order valence-electron chi connectivity index (χ0n) is 10.8. The molecule has 0 aliphatic rings. The van der Waals surface area contributed by atoms with Crippen LogP contribution in [0.25, 0.3) is 11.4 Å². The molecule has 1 heterocycles. The lowest BCUT2D eigenvalue weighted by Gasteiger charge is -2.03. The maximum absolute atomic E-state index is 5.54. The Bertz CT molecular complexity index is 521. The Morgan fingerprint density at radius 1 is 1.39 bits per heavy atom. The third-order valence-corrected chi connectivity index (χ3v) is 2.62. The van der Waals surface area contributed by atoms with Crippen LogP contribution < -0.4 is 10.5 Å². The van der Waals surface area contributed by atoms with Crippen LogP contribution in [0, 0.1) is 0 Å². The van der Waals surface area contributed by atoms with Crippen molar-refractivity contribution in [2.24, 2.45) is 12.8 Å². The summed E-state index contributed by atoms with van der Waals surface area (Å²) in [5.74, 6) is 2.44. The number of rotatable bonds is 5. The van der Waals surface area contributed by atoms with Crippen molar-refractivity contribution in [3.63, 3.8) is 0 Å². The van der Waals surface area contributed by atoms with Gasteiger partial charge in [-0.2, -0.15) is 5.10 Å². The Hall–Kier alpha value is -1.88. The monoisotopic (exact) mass is 246 g/mol. The zero-order chi connectivity index (χ0) is 13.0. The lowest BCUT2D eigenvalue weighted by molar-refractivity contribution is 0.340. The Morgan fingerprint density at radius 3 is 2.94 bits per heavy atom. The Balaban J connectivity index is 2.30. The van der Waals surface area contributed by atoms with Crippen LogP contribution in [0.4, 0.5) is 0 Å². The van der Waals surface area contributed by atoms with E-state index in [1.54, 1.807) is 4.68 Å². The van der Waals surface area contributed by atoms with Gasteiger partial charge in [0.2, 0.25) is 0 Å². The van der Waals surface area contributed by atoms with Crippen LogP contribution in [0.15, 0.2) is 24.3 Å². The molecule has 2 N–H and O–H groups in total. The normalized spacial score (nSPS) is 10.6. The molecule has 1 aromatic carbocycles. The molecule has 96 valence electrons. The van der Waals surface area contributed by atoms with Gasteiger partial charge in [-0.1, -0.05) is 12.1 Å². The van der Waals surface area contributed by atoms with Crippen molar-refractivity contribution in [1.82, 2.24) is 14.8 Å². The minimum atomic E-state index is 0.574. The van der Waals surface area contributed by atoms with Gasteiger partial charge in [0.1, 0.15) is 11.6 Å². The van der Waals surface area contributed by atoms with Gasteiger partial charge >= 0.3 is 0 Å². The number of hydrogen-bond acceptors (Lipinski definition) is 4. The first-order chi connectivity index (χ1) is 8.74. The van der Waals surface area contributed by atoms with Crippen molar-refractivity contribution < 1.29 is 4.74 Å². The van der Waals surface area contributed by atoms with Crippen molar-refractivity contribution in [1.29, 1.82) is 0 Å². The van der Waals surface area contributed by atoms with E-state index >= 15 is 0 Å². The highest BCUT2D eigenvalue weighted by Crippen LogP contribution is 2.21. The van der Waals surface area contributed by atoms with Crippen LogP contribution in [0.5, 0.6) is 5.75 Å². The van der Waals surface area contributed by atoms with Gasteiger partial charge in [0, 0.05) is 19.0 Å². The van der Waals surface area contributed by atoms with E-state index in [0.29, 0.717) is 19.0 Å². The number of nitrogens with zero attached hydrogens (tertiary/aromatic N) is 3. The van der Waals surface area contributed by atoms with E-state index in [4.69, 9.17) is 10.5 Å². The molecule has 0 unspecified atom stereocenters. The fourth-order valence-corrected chi connectivity index (χ4v) is 1.78. The summed E-state index contributed by atoms with van der Waals surface area (Å²) in [5.41, 5.74) is 6.50. The second-order valence-electron chi connectivity index (χ2n) is 3.97. The summed E-state index contributed by atoms with van der Waals surface area (Å²) in [6.07, 6.45) is 0.731. The maximum Gasteiger partial charge on any atom is 0.181 e. The Kier molecular flexibility index (Phi) is 3.94. The lowest BCUT2D eigenvalue weighted by Crippen LogP contribution is -2.08. The van der Waals surface area contributed by atoms with E-state index in [1.165, 1.54) is 0 Å². The molecule has 2 aromatic rings.